The summed E-state index contributed by atoms with van der Waals surface area (Å²) < 4.78 is 13.7. The number of anilines is 1. The van der Waals surface area contributed by atoms with Gasteiger partial charge >= 0.3 is 0 Å². The molecule has 0 amide bonds. The Labute approximate surface area is 112 Å². The molecule has 0 saturated carbocycles. The second kappa shape index (κ2) is 5.67. The lowest BCUT2D eigenvalue weighted by Crippen LogP contribution is -2.30. The van der Waals surface area contributed by atoms with Gasteiger partial charge < -0.3 is 5.32 Å². The average Bonchev–Trinajstić information content (AvgIpc) is 2.66. The van der Waals surface area contributed by atoms with Crippen LogP contribution in [0, 0.1) is 11.7 Å². The summed E-state index contributed by atoms with van der Waals surface area (Å²) in [6.45, 7) is 6.26. The number of carbonyl (C=O) groups is 1. The Hall–Kier alpha value is -1.46. The maximum absolute atomic E-state index is 13.7. The number of Topliss-reactive ketones (excluding diaryl/α,β-unsaturated/α-hetero) is 1. The van der Waals surface area contributed by atoms with E-state index in [-0.39, 0.29) is 11.3 Å². The van der Waals surface area contributed by atoms with E-state index in [1.165, 1.54) is 13.0 Å². The average molecular weight is 265 g/mol. The van der Waals surface area contributed by atoms with Gasteiger partial charge in [-0.05, 0) is 32.9 Å². The van der Waals surface area contributed by atoms with Gasteiger partial charge in [0.05, 0.1) is 5.56 Å². The predicted molar refractivity (Wildman–Crippen MR) is 73.6 cm³/mol. The molecule has 104 valence electrons. The third kappa shape index (κ3) is 2.93. The van der Waals surface area contributed by atoms with Crippen LogP contribution >= 0.6 is 0 Å². The van der Waals surface area contributed by atoms with Gasteiger partial charge in [0, 0.05) is 30.2 Å². The number of halogens is 1. The molecule has 1 aliphatic heterocycles. The smallest absolute Gasteiger partial charge is 0.164 e. The fraction of sp³-hybridized carbons (Fsp3) is 0.500. The quantitative estimate of drug-likeness (QED) is 0.728. The zero-order valence-corrected chi connectivity index (χ0v) is 11.5. The Morgan fingerprint density at radius 3 is 2.53 bits per heavy atom. The number of ketones is 1. The highest BCUT2D eigenvalue weighted by molar-refractivity contribution is 5.99. The lowest BCUT2D eigenvalue weighted by molar-refractivity contribution is 0.101. The molecule has 0 aliphatic carbocycles. The normalized spacial score (nSPS) is 26.4. The van der Waals surface area contributed by atoms with Crippen LogP contribution in [-0.2, 0) is 0 Å². The van der Waals surface area contributed by atoms with Gasteiger partial charge in [-0.15, -0.1) is 0 Å². The standard InChI is InChI=1S/C14H20FN3O/c1-8-11(9(2)18-17-8)7-16-13-6-4-5-12(15)14(13)10(3)19/h4-6,8-9,11,16-18H,7H2,1-3H3. The summed E-state index contributed by atoms with van der Waals surface area (Å²) in [4.78, 5) is 11.5. The van der Waals surface area contributed by atoms with E-state index in [4.69, 9.17) is 0 Å². The summed E-state index contributed by atoms with van der Waals surface area (Å²) in [5.41, 5.74) is 7.06. The molecule has 0 spiro atoms. The SMILES string of the molecule is CC(=O)c1c(F)cccc1NCC1C(C)NNC1C. The second-order valence-corrected chi connectivity index (χ2v) is 5.13. The number of hydrazine groups is 1. The molecule has 1 saturated heterocycles. The third-order valence-corrected chi connectivity index (χ3v) is 3.72. The zero-order chi connectivity index (χ0) is 14.0. The van der Waals surface area contributed by atoms with Crippen LogP contribution in [0.3, 0.4) is 0 Å². The molecule has 0 aromatic heterocycles. The van der Waals surface area contributed by atoms with Crippen molar-refractivity contribution >= 4 is 11.5 Å². The number of rotatable bonds is 4. The number of hydrogen-bond acceptors (Lipinski definition) is 4. The molecule has 1 aromatic carbocycles. The van der Waals surface area contributed by atoms with Crippen molar-refractivity contribution in [2.45, 2.75) is 32.9 Å². The summed E-state index contributed by atoms with van der Waals surface area (Å²) in [5, 5.41) is 3.20. The van der Waals surface area contributed by atoms with Crippen molar-refractivity contribution in [3.63, 3.8) is 0 Å². The van der Waals surface area contributed by atoms with Gasteiger partial charge in [0.25, 0.3) is 0 Å². The van der Waals surface area contributed by atoms with Crippen molar-refractivity contribution in [3.05, 3.63) is 29.6 Å². The van der Waals surface area contributed by atoms with E-state index in [2.05, 4.69) is 30.0 Å². The van der Waals surface area contributed by atoms with Gasteiger partial charge in [-0.1, -0.05) is 6.07 Å². The maximum atomic E-state index is 13.7. The second-order valence-electron chi connectivity index (χ2n) is 5.13. The summed E-state index contributed by atoms with van der Waals surface area (Å²) in [6.07, 6.45) is 0. The van der Waals surface area contributed by atoms with Gasteiger partial charge in [-0.3, -0.25) is 15.6 Å². The Morgan fingerprint density at radius 1 is 1.32 bits per heavy atom. The molecule has 0 radical (unpaired) electrons. The van der Waals surface area contributed by atoms with E-state index in [9.17, 15) is 9.18 Å². The van der Waals surface area contributed by atoms with Crippen LogP contribution in [0.5, 0.6) is 0 Å². The highest BCUT2D eigenvalue weighted by Gasteiger charge is 2.29. The lowest BCUT2D eigenvalue weighted by Gasteiger charge is -2.20. The van der Waals surface area contributed by atoms with Crippen LogP contribution < -0.4 is 16.2 Å². The fourth-order valence-electron chi connectivity index (χ4n) is 2.52. The Balaban J connectivity index is 2.11. The molecule has 1 heterocycles. The first-order chi connectivity index (χ1) is 9.00. The monoisotopic (exact) mass is 265 g/mol. The Kier molecular flexibility index (Phi) is 4.17. The zero-order valence-electron chi connectivity index (χ0n) is 11.5. The molecule has 1 aromatic rings. The molecule has 0 bridgehead atoms. The van der Waals surface area contributed by atoms with E-state index in [1.54, 1.807) is 12.1 Å². The van der Waals surface area contributed by atoms with Crippen molar-refractivity contribution in [1.29, 1.82) is 0 Å². The summed E-state index contributed by atoms with van der Waals surface area (Å²) >= 11 is 0. The van der Waals surface area contributed by atoms with Gasteiger partial charge in [-0.25, -0.2) is 4.39 Å². The van der Waals surface area contributed by atoms with Crippen LogP contribution in [0.4, 0.5) is 10.1 Å². The maximum Gasteiger partial charge on any atom is 0.164 e. The van der Waals surface area contributed by atoms with Crippen molar-refractivity contribution in [2.75, 3.05) is 11.9 Å². The van der Waals surface area contributed by atoms with Crippen molar-refractivity contribution in [2.24, 2.45) is 5.92 Å². The van der Waals surface area contributed by atoms with E-state index >= 15 is 0 Å². The summed E-state index contributed by atoms with van der Waals surface area (Å²) in [5.74, 6) is -0.353. The van der Waals surface area contributed by atoms with E-state index in [0.717, 1.165) is 0 Å². The molecule has 3 N–H and O–H groups in total. The first-order valence-electron chi connectivity index (χ1n) is 6.55. The fourth-order valence-corrected chi connectivity index (χ4v) is 2.52. The van der Waals surface area contributed by atoms with Crippen molar-refractivity contribution in [3.8, 4) is 0 Å². The highest BCUT2D eigenvalue weighted by Crippen LogP contribution is 2.21. The summed E-state index contributed by atoms with van der Waals surface area (Å²) in [7, 11) is 0. The Bertz CT molecular complexity index is 468. The number of benzene rings is 1. The van der Waals surface area contributed by atoms with Crippen LogP contribution in [0.15, 0.2) is 18.2 Å². The first kappa shape index (κ1) is 14.0. The third-order valence-electron chi connectivity index (χ3n) is 3.72. The van der Waals surface area contributed by atoms with Crippen LogP contribution in [0.1, 0.15) is 31.1 Å². The molecule has 4 nitrogen and oxygen atoms in total. The largest absolute Gasteiger partial charge is 0.384 e. The van der Waals surface area contributed by atoms with Gasteiger partial charge in [-0.2, -0.15) is 0 Å². The minimum atomic E-state index is -0.471. The van der Waals surface area contributed by atoms with Crippen LogP contribution in [0.2, 0.25) is 0 Å². The molecule has 2 atom stereocenters. The first-order valence-corrected chi connectivity index (χ1v) is 6.55. The van der Waals surface area contributed by atoms with Gasteiger partial charge in [0.15, 0.2) is 5.78 Å². The van der Waals surface area contributed by atoms with E-state index in [0.29, 0.717) is 30.2 Å². The number of nitrogens with one attached hydrogen (secondary N) is 3. The highest BCUT2D eigenvalue weighted by atomic mass is 19.1. The molecular formula is C14H20FN3O. The Morgan fingerprint density at radius 2 is 1.95 bits per heavy atom. The van der Waals surface area contributed by atoms with Crippen molar-refractivity contribution in [1.82, 2.24) is 10.9 Å². The number of carbonyl (C=O) groups excluding carboxylic acids is 1. The van der Waals surface area contributed by atoms with Gasteiger partial charge in [0.1, 0.15) is 5.82 Å². The van der Waals surface area contributed by atoms with E-state index < -0.39 is 5.82 Å². The van der Waals surface area contributed by atoms with Crippen molar-refractivity contribution < 1.29 is 9.18 Å². The lowest BCUT2D eigenvalue weighted by atomic mass is 9.96. The minimum absolute atomic E-state index is 0.140. The molecule has 1 aliphatic rings. The molecule has 5 heteroatoms. The van der Waals surface area contributed by atoms with Crippen LogP contribution in [-0.4, -0.2) is 24.4 Å². The van der Waals surface area contributed by atoms with Crippen LogP contribution in [0.25, 0.3) is 0 Å². The topological polar surface area (TPSA) is 53.2 Å². The molecule has 2 rings (SSSR count). The molecular weight excluding hydrogens is 245 g/mol. The van der Waals surface area contributed by atoms with Gasteiger partial charge in [0.2, 0.25) is 0 Å². The molecule has 1 fully saturated rings. The van der Waals surface area contributed by atoms with E-state index in [1.807, 2.05) is 0 Å². The predicted octanol–water partition coefficient (Wildman–Crippen LogP) is 1.94. The molecule has 19 heavy (non-hydrogen) atoms. The number of hydrogen-bond donors (Lipinski definition) is 3. The summed E-state index contributed by atoms with van der Waals surface area (Å²) in [6, 6.07) is 5.33. The minimum Gasteiger partial charge on any atom is -0.384 e. The molecule has 2 unspecified atom stereocenters.